The summed E-state index contributed by atoms with van der Waals surface area (Å²) in [4.78, 5) is 0. The van der Waals surface area contributed by atoms with Gasteiger partial charge in [-0.25, -0.2) is 0 Å². The van der Waals surface area contributed by atoms with Crippen LogP contribution in [0.15, 0.2) is 18.2 Å². The third-order valence-corrected chi connectivity index (χ3v) is 3.73. The number of rotatable bonds is 5. The van der Waals surface area contributed by atoms with Gasteiger partial charge in [-0.15, -0.1) is 0 Å². The van der Waals surface area contributed by atoms with Crippen molar-refractivity contribution in [3.8, 4) is 11.5 Å². The van der Waals surface area contributed by atoms with Gasteiger partial charge in [-0.1, -0.05) is 0 Å². The summed E-state index contributed by atoms with van der Waals surface area (Å²) in [5.41, 5.74) is 13.2. The van der Waals surface area contributed by atoms with Crippen LogP contribution < -0.4 is 20.9 Å². The first-order valence-corrected chi connectivity index (χ1v) is 5.84. The Morgan fingerprint density at radius 2 is 2.00 bits per heavy atom. The Bertz CT molecular complexity index is 402. The van der Waals surface area contributed by atoms with Crippen molar-refractivity contribution >= 4 is 0 Å². The van der Waals surface area contributed by atoms with Crippen molar-refractivity contribution in [3.05, 3.63) is 23.8 Å². The second-order valence-corrected chi connectivity index (χ2v) is 4.65. The number of benzene rings is 1. The van der Waals surface area contributed by atoms with E-state index in [1.807, 2.05) is 18.2 Å². The van der Waals surface area contributed by atoms with Crippen LogP contribution in [-0.4, -0.2) is 20.8 Å². The number of methoxy groups -OCH3 is 2. The molecular formula is C13H20N2O2. The minimum Gasteiger partial charge on any atom is -0.497 e. The average molecular weight is 236 g/mol. The average Bonchev–Trinajstić information content (AvgIpc) is 3.18. The SMILES string of the molecule is COc1ccc(OC)c(C(N)C2(CN)CC2)c1. The van der Waals surface area contributed by atoms with Gasteiger partial charge in [0, 0.05) is 17.0 Å². The predicted octanol–water partition coefficient (Wildman–Crippen LogP) is 1.44. The van der Waals surface area contributed by atoms with Crippen molar-refractivity contribution in [3.63, 3.8) is 0 Å². The van der Waals surface area contributed by atoms with Gasteiger partial charge < -0.3 is 20.9 Å². The zero-order valence-electron chi connectivity index (χ0n) is 10.4. The maximum absolute atomic E-state index is 6.33. The third kappa shape index (κ3) is 2.10. The predicted molar refractivity (Wildman–Crippen MR) is 67.2 cm³/mol. The van der Waals surface area contributed by atoms with Gasteiger partial charge in [0.2, 0.25) is 0 Å². The standard InChI is InChI=1S/C13H20N2O2/c1-16-9-3-4-11(17-2)10(7-9)12(15)13(8-14)5-6-13/h3-4,7,12H,5-6,8,14-15H2,1-2H3. The fourth-order valence-electron chi connectivity index (χ4n) is 2.21. The molecule has 0 aromatic heterocycles. The molecule has 1 aromatic rings. The van der Waals surface area contributed by atoms with Gasteiger partial charge in [0.25, 0.3) is 0 Å². The molecule has 0 radical (unpaired) electrons. The van der Waals surface area contributed by atoms with Crippen molar-refractivity contribution in [1.29, 1.82) is 0 Å². The quantitative estimate of drug-likeness (QED) is 0.811. The number of ether oxygens (including phenoxy) is 2. The van der Waals surface area contributed by atoms with Crippen molar-refractivity contribution in [2.45, 2.75) is 18.9 Å². The van der Waals surface area contributed by atoms with E-state index in [-0.39, 0.29) is 11.5 Å². The first-order valence-electron chi connectivity index (χ1n) is 5.84. The van der Waals surface area contributed by atoms with Crippen molar-refractivity contribution in [1.82, 2.24) is 0 Å². The molecule has 94 valence electrons. The Morgan fingerprint density at radius 3 is 2.47 bits per heavy atom. The Morgan fingerprint density at radius 1 is 1.29 bits per heavy atom. The molecule has 1 aromatic carbocycles. The van der Waals surface area contributed by atoms with Gasteiger partial charge in [-0.2, -0.15) is 0 Å². The van der Waals surface area contributed by atoms with Gasteiger partial charge in [-0.3, -0.25) is 0 Å². The summed E-state index contributed by atoms with van der Waals surface area (Å²) in [5.74, 6) is 1.60. The molecule has 1 unspecified atom stereocenters. The third-order valence-electron chi connectivity index (χ3n) is 3.73. The van der Waals surface area contributed by atoms with E-state index in [1.54, 1.807) is 14.2 Å². The molecule has 4 N–H and O–H groups in total. The summed E-state index contributed by atoms with van der Waals surface area (Å²) in [7, 11) is 3.30. The smallest absolute Gasteiger partial charge is 0.123 e. The summed E-state index contributed by atoms with van der Waals surface area (Å²) >= 11 is 0. The van der Waals surface area contributed by atoms with Crippen LogP contribution in [0.25, 0.3) is 0 Å². The lowest BCUT2D eigenvalue weighted by Crippen LogP contribution is -2.29. The summed E-state index contributed by atoms with van der Waals surface area (Å²) < 4.78 is 10.6. The summed E-state index contributed by atoms with van der Waals surface area (Å²) in [6.07, 6.45) is 2.18. The van der Waals surface area contributed by atoms with E-state index in [0.29, 0.717) is 6.54 Å². The molecule has 0 spiro atoms. The van der Waals surface area contributed by atoms with E-state index in [4.69, 9.17) is 20.9 Å². The maximum atomic E-state index is 6.33. The van der Waals surface area contributed by atoms with Crippen molar-refractivity contribution in [2.75, 3.05) is 20.8 Å². The molecule has 1 saturated carbocycles. The van der Waals surface area contributed by atoms with E-state index in [0.717, 1.165) is 29.9 Å². The molecule has 1 fully saturated rings. The van der Waals surface area contributed by atoms with Gasteiger partial charge >= 0.3 is 0 Å². The molecule has 1 aliphatic rings. The lowest BCUT2D eigenvalue weighted by molar-refractivity contribution is 0.369. The highest BCUT2D eigenvalue weighted by molar-refractivity contribution is 5.43. The second-order valence-electron chi connectivity index (χ2n) is 4.65. The highest BCUT2D eigenvalue weighted by Gasteiger charge is 2.47. The first-order chi connectivity index (χ1) is 8.16. The largest absolute Gasteiger partial charge is 0.497 e. The van der Waals surface area contributed by atoms with Gasteiger partial charge in [0.05, 0.1) is 14.2 Å². The zero-order valence-corrected chi connectivity index (χ0v) is 10.4. The van der Waals surface area contributed by atoms with Crippen LogP contribution in [0.2, 0.25) is 0 Å². The summed E-state index contributed by atoms with van der Waals surface area (Å²) in [5, 5.41) is 0. The molecule has 0 aliphatic heterocycles. The van der Waals surface area contributed by atoms with Gasteiger partial charge in [-0.05, 0) is 37.6 Å². The molecule has 0 amide bonds. The van der Waals surface area contributed by atoms with Crippen LogP contribution in [0.1, 0.15) is 24.4 Å². The number of nitrogens with two attached hydrogens (primary N) is 2. The van der Waals surface area contributed by atoms with E-state index < -0.39 is 0 Å². The van der Waals surface area contributed by atoms with Crippen LogP contribution in [0.3, 0.4) is 0 Å². The van der Waals surface area contributed by atoms with Crippen LogP contribution in [0, 0.1) is 5.41 Å². The van der Waals surface area contributed by atoms with E-state index in [2.05, 4.69) is 0 Å². The van der Waals surface area contributed by atoms with E-state index in [9.17, 15) is 0 Å². The number of hydrogen-bond acceptors (Lipinski definition) is 4. The van der Waals surface area contributed by atoms with E-state index in [1.165, 1.54) is 0 Å². The lowest BCUT2D eigenvalue weighted by atomic mass is 9.90. The molecule has 2 rings (SSSR count). The van der Waals surface area contributed by atoms with Crippen LogP contribution >= 0.6 is 0 Å². The molecule has 4 heteroatoms. The second kappa shape index (κ2) is 4.55. The first kappa shape index (κ1) is 12.2. The minimum atomic E-state index is -0.0856. The van der Waals surface area contributed by atoms with Gasteiger partial charge in [0.15, 0.2) is 0 Å². The maximum Gasteiger partial charge on any atom is 0.123 e. The Hall–Kier alpha value is -1.26. The van der Waals surface area contributed by atoms with Crippen molar-refractivity contribution < 1.29 is 9.47 Å². The summed E-state index contributed by atoms with van der Waals surface area (Å²) in [6.45, 7) is 0.620. The topological polar surface area (TPSA) is 70.5 Å². The molecule has 4 nitrogen and oxygen atoms in total. The summed E-state index contributed by atoms with van der Waals surface area (Å²) in [6, 6.07) is 5.62. The fourth-order valence-corrected chi connectivity index (χ4v) is 2.21. The molecule has 1 atom stereocenters. The van der Waals surface area contributed by atoms with Crippen molar-refractivity contribution in [2.24, 2.45) is 16.9 Å². The lowest BCUT2D eigenvalue weighted by Gasteiger charge is -2.24. The normalized spacial score (nSPS) is 18.6. The highest BCUT2D eigenvalue weighted by atomic mass is 16.5. The fraction of sp³-hybridized carbons (Fsp3) is 0.538. The number of hydrogen-bond donors (Lipinski definition) is 2. The Labute approximate surface area is 102 Å². The molecule has 1 aliphatic carbocycles. The highest BCUT2D eigenvalue weighted by Crippen LogP contribution is 2.54. The van der Waals surface area contributed by atoms with Crippen LogP contribution in [0.4, 0.5) is 0 Å². The Kier molecular flexibility index (Phi) is 3.26. The van der Waals surface area contributed by atoms with Gasteiger partial charge in [0.1, 0.15) is 11.5 Å². The molecule has 17 heavy (non-hydrogen) atoms. The molecule has 0 bridgehead atoms. The zero-order chi connectivity index (χ0) is 12.5. The minimum absolute atomic E-state index is 0.0552. The Balaban J connectivity index is 2.35. The van der Waals surface area contributed by atoms with Crippen LogP contribution in [0.5, 0.6) is 11.5 Å². The van der Waals surface area contributed by atoms with Crippen LogP contribution in [-0.2, 0) is 0 Å². The molecule has 0 saturated heterocycles. The van der Waals surface area contributed by atoms with E-state index >= 15 is 0 Å². The molecule has 0 heterocycles. The molecular weight excluding hydrogens is 216 g/mol. The monoisotopic (exact) mass is 236 g/mol.